The molecule has 1 aliphatic rings. The van der Waals surface area contributed by atoms with E-state index in [0.29, 0.717) is 5.76 Å². The van der Waals surface area contributed by atoms with Gasteiger partial charge in [-0.2, -0.15) is 4.31 Å². The van der Waals surface area contributed by atoms with E-state index in [4.69, 9.17) is 27.6 Å². The molecule has 1 aromatic carbocycles. The molecule has 0 N–H and O–H groups in total. The van der Waals surface area contributed by atoms with Gasteiger partial charge < -0.3 is 4.42 Å². The summed E-state index contributed by atoms with van der Waals surface area (Å²) in [6.45, 7) is -0.234. The monoisotopic (exact) mass is 409 g/mol. The van der Waals surface area contributed by atoms with E-state index in [1.54, 1.807) is 12.1 Å². The number of hydrogen-bond donors (Lipinski definition) is 0. The lowest BCUT2D eigenvalue weighted by atomic mass is 10.3. The molecule has 3 rings (SSSR count). The molecule has 0 saturated carbocycles. The van der Waals surface area contributed by atoms with E-state index in [1.165, 1.54) is 24.5 Å². The first-order chi connectivity index (χ1) is 11.2. The fourth-order valence-corrected chi connectivity index (χ4v) is 6.42. The lowest BCUT2D eigenvalue weighted by molar-refractivity contribution is 0.309. The highest BCUT2D eigenvalue weighted by Crippen LogP contribution is 2.32. The van der Waals surface area contributed by atoms with Crippen molar-refractivity contribution in [1.29, 1.82) is 0 Å². The maximum Gasteiger partial charge on any atom is 0.244 e. The van der Waals surface area contributed by atoms with Crippen LogP contribution in [0.4, 0.5) is 0 Å². The van der Waals surface area contributed by atoms with E-state index in [9.17, 15) is 16.8 Å². The summed E-state index contributed by atoms with van der Waals surface area (Å²) in [7, 11) is -7.38. The van der Waals surface area contributed by atoms with E-state index >= 15 is 0 Å². The summed E-state index contributed by atoms with van der Waals surface area (Å²) in [5.74, 6) is 0.0745. The smallest absolute Gasteiger partial charge is 0.244 e. The fourth-order valence-electron chi connectivity index (χ4n) is 2.35. The van der Waals surface area contributed by atoms with E-state index in [0.717, 1.165) is 4.31 Å². The zero-order valence-electron chi connectivity index (χ0n) is 12.2. The summed E-state index contributed by atoms with van der Waals surface area (Å²) in [6.07, 6.45) is 1.39. The average molecular weight is 410 g/mol. The third kappa shape index (κ3) is 3.34. The SMILES string of the molecule is O=S(=O)(Cc1ccco1)C1CN(S(=O)(=O)c2cc(Cl)ccc2Cl)C1. The van der Waals surface area contributed by atoms with Gasteiger partial charge in [0.25, 0.3) is 0 Å². The van der Waals surface area contributed by atoms with Gasteiger partial charge in [0, 0.05) is 18.1 Å². The van der Waals surface area contributed by atoms with Gasteiger partial charge >= 0.3 is 0 Å². The number of sulfonamides is 1. The predicted molar refractivity (Wildman–Crippen MR) is 90.3 cm³/mol. The van der Waals surface area contributed by atoms with Crippen LogP contribution in [0.1, 0.15) is 5.76 Å². The molecule has 2 aromatic rings. The summed E-state index contributed by atoms with van der Waals surface area (Å²) in [5.41, 5.74) is 0. The van der Waals surface area contributed by atoms with Gasteiger partial charge in [0.05, 0.1) is 16.5 Å². The maximum atomic E-state index is 12.5. The zero-order valence-corrected chi connectivity index (χ0v) is 15.4. The van der Waals surface area contributed by atoms with Crippen LogP contribution in [0.25, 0.3) is 0 Å². The van der Waals surface area contributed by atoms with Crippen molar-refractivity contribution in [3.63, 3.8) is 0 Å². The standard InChI is InChI=1S/C14H13Cl2NO5S2/c15-10-3-4-13(16)14(6-10)24(20,21)17-7-12(8-17)23(18,19)9-11-2-1-5-22-11/h1-6,12H,7-9H2. The van der Waals surface area contributed by atoms with Gasteiger partial charge in [0.2, 0.25) is 10.0 Å². The number of benzene rings is 1. The maximum absolute atomic E-state index is 12.5. The van der Waals surface area contributed by atoms with Crippen molar-refractivity contribution in [3.05, 3.63) is 52.4 Å². The molecule has 0 spiro atoms. The van der Waals surface area contributed by atoms with Crippen LogP contribution in [0.15, 0.2) is 45.9 Å². The normalized spacial score (nSPS) is 16.9. The third-order valence-corrected chi connectivity index (χ3v) is 8.31. The fraction of sp³-hybridized carbons (Fsp3) is 0.286. The Morgan fingerprint density at radius 3 is 2.46 bits per heavy atom. The number of sulfone groups is 1. The van der Waals surface area contributed by atoms with Crippen molar-refractivity contribution >= 4 is 43.1 Å². The van der Waals surface area contributed by atoms with Crippen LogP contribution in [-0.2, 0) is 25.6 Å². The van der Waals surface area contributed by atoms with Crippen molar-refractivity contribution in [2.75, 3.05) is 13.1 Å². The number of rotatable bonds is 5. The van der Waals surface area contributed by atoms with Crippen LogP contribution in [0.3, 0.4) is 0 Å². The first-order valence-electron chi connectivity index (χ1n) is 6.89. The molecule has 6 nitrogen and oxygen atoms in total. The Bertz CT molecular complexity index is 949. The number of furan rings is 1. The Hall–Kier alpha value is -1.06. The van der Waals surface area contributed by atoms with Gasteiger partial charge in [-0.25, -0.2) is 16.8 Å². The highest BCUT2D eigenvalue weighted by Gasteiger charge is 2.44. The molecule has 1 fully saturated rings. The van der Waals surface area contributed by atoms with Gasteiger partial charge in [-0.15, -0.1) is 0 Å². The lowest BCUT2D eigenvalue weighted by Gasteiger charge is -2.37. The highest BCUT2D eigenvalue weighted by molar-refractivity contribution is 7.92. The molecule has 1 saturated heterocycles. The number of halogens is 2. The third-order valence-electron chi connectivity index (χ3n) is 3.76. The second-order valence-electron chi connectivity index (χ2n) is 5.41. The van der Waals surface area contributed by atoms with Gasteiger partial charge in [0.1, 0.15) is 16.4 Å². The van der Waals surface area contributed by atoms with E-state index in [-0.39, 0.29) is 33.8 Å². The van der Waals surface area contributed by atoms with Crippen LogP contribution < -0.4 is 0 Å². The van der Waals surface area contributed by atoms with Crippen LogP contribution in [0.2, 0.25) is 10.0 Å². The average Bonchev–Trinajstić information content (AvgIpc) is 2.90. The van der Waals surface area contributed by atoms with Gasteiger partial charge in [0.15, 0.2) is 9.84 Å². The van der Waals surface area contributed by atoms with Crippen molar-refractivity contribution < 1.29 is 21.3 Å². The predicted octanol–water partition coefficient (Wildman–Crippen LogP) is 2.57. The van der Waals surface area contributed by atoms with E-state index in [1.807, 2.05) is 0 Å². The molecule has 0 atom stereocenters. The minimum absolute atomic E-state index is 0.0429. The minimum atomic E-state index is -3.88. The minimum Gasteiger partial charge on any atom is -0.468 e. The summed E-state index contributed by atoms with van der Waals surface area (Å²) < 4.78 is 55.8. The molecule has 1 aliphatic heterocycles. The van der Waals surface area contributed by atoms with Crippen LogP contribution in [-0.4, -0.2) is 39.5 Å². The van der Waals surface area contributed by atoms with Gasteiger partial charge in [-0.3, -0.25) is 0 Å². The second kappa shape index (κ2) is 6.34. The first kappa shape index (κ1) is 17.8. The first-order valence-corrected chi connectivity index (χ1v) is 10.8. The van der Waals surface area contributed by atoms with Crippen LogP contribution >= 0.6 is 23.2 Å². The number of hydrogen-bond acceptors (Lipinski definition) is 5. The highest BCUT2D eigenvalue weighted by atomic mass is 35.5. The molecule has 0 radical (unpaired) electrons. The molecular weight excluding hydrogens is 397 g/mol. The van der Waals surface area contributed by atoms with E-state index in [2.05, 4.69) is 0 Å². The summed E-state index contributed by atoms with van der Waals surface area (Å²) >= 11 is 11.8. The molecule has 10 heteroatoms. The van der Waals surface area contributed by atoms with Crippen molar-refractivity contribution in [2.45, 2.75) is 15.9 Å². The quantitative estimate of drug-likeness (QED) is 0.757. The Kier molecular flexibility index (Phi) is 4.69. The Labute approximate surface area is 149 Å². The van der Waals surface area contributed by atoms with Crippen LogP contribution in [0.5, 0.6) is 0 Å². The molecule has 24 heavy (non-hydrogen) atoms. The van der Waals surface area contributed by atoms with E-state index < -0.39 is 25.1 Å². The summed E-state index contributed by atoms with van der Waals surface area (Å²) in [6, 6.07) is 7.29. The second-order valence-corrected chi connectivity index (χ2v) is 10.4. The van der Waals surface area contributed by atoms with Crippen molar-refractivity contribution in [1.82, 2.24) is 4.31 Å². The van der Waals surface area contributed by atoms with Crippen molar-refractivity contribution in [3.8, 4) is 0 Å². The Morgan fingerprint density at radius 2 is 1.83 bits per heavy atom. The molecule has 0 unspecified atom stereocenters. The molecule has 2 heterocycles. The lowest BCUT2D eigenvalue weighted by Crippen LogP contribution is -2.56. The molecule has 0 amide bonds. The summed E-state index contributed by atoms with van der Waals surface area (Å²) in [4.78, 5) is -0.126. The summed E-state index contributed by atoms with van der Waals surface area (Å²) in [5, 5.41) is -0.489. The van der Waals surface area contributed by atoms with Crippen molar-refractivity contribution in [2.24, 2.45) is 0 Å². The Balaban J connectivity index is 1.75. The molecule has 1 aromatic heterocycles. The molecule has 130 valence electrons. The molecular formula is C14H13Cl2NO5S2. The number of nitrogens with zero attached hydrogens (tertiary/aromatic N) is 1. The zero-order chi connectivity index (χ0) is 17.5. The molecule has 0 bridgehead atoms. The van der Waals surface area contributed by atoms with Gasteiger partial charge in [-0.1, -0.05) is 23.2 Å². The largest absolute Gasteiger partial charge is 0.468 e. The topological polar surface area (TPSA) is 84.7 Å². The Morgan fingerprint density at radius 1 is 1.12 bits per heavy atom. The molecule has 0 aliphatic carbocycles. The van der Waals surface area contributed by atoms with Gasteiger partial charge in [-0.05, 0) is 30.3 Å². The van der Waals surface area contributed by atoms with Crippen LogP contribution in [0, 0.1) is 0 Å².